The number of rotatable bonds is 4. The Morgan fingerprint density at radius 1 is 0.870 bits per heavy atom. The highest BCUT2D eigenvalue weighted by Crippen LogP contribution is 2.04. The summed E-state index contributed by atoms with van der Waals surface area (Å²) >= 11 is 0. The van der Waals surface area contributed by atoms with Crippen molar-refractivity contribution in [1.29, 1.82) is 0 Å². The molecule has 0 aliphatic rings. The summed E-state index contributed by atoms with van der Waals surface area (Å²) in [5, 5.41) is 5.20. The lowest BCUT2D eigenvalue weighted by Crippen LogP contribution is -2.36. The molecule has 0 aliphatic heterocycles. The van der Waals surface area contributed by atoms with E-state index < -0.39 is 0 Å². The van der Waals surface area contributed by atoms with E-state index in [0.717, 1.165) is 11.1 Å². The highest BCUT2D eigenvalue weighted by atomic mass is 16.2. The van der Waals surface area contributed by atoms with Gasteiger partial charge in [-0.15, -0.1) is 0 Å². The largest absolute Gasteiger partial charge is 0.355 e. The van der Waals surface area contributed by atoms with Crippen molar-refractivity contribution in [3.8, 4) is 11.8 Å². The summed E-state index contributed by atoms with van der Waals surface area (Å²) < 4.78 is 0. The minimum Gasteiger partial charge on any atom is -0.355 e. The molecule has 0 atom stereocenters. The van der Waals surface area contributed by atoms with Crippen molar-refractivity contribution in [2.24, 2.45) is 0 Å². The Bertz CT molecular complexity index is 725. The molecule has 0 bridgehead atoms. The maximum absolute atomic E-state index is 11.9. The van der Waals surface area contributed by atoms with Crippen molar-refractivity contribution in [3.63, 3.8) is 0 Å². The van der Waals surface area contributed by atoms with E-state index in [1.54, 1.807) is 24.3 Å². The van der Waals surface area contributed by atoms with Crippen LogP contribution in [0.3, 0.4) is 0 Å². The van der Waals surface area contributed by atoms with Crippen LogP contribution < -0.4 is 10.6 Å². The van der Waals surface area contributed by atoms with Crippen molar-refractivity contribution >= 4 is 11.8 Å². The molecule has 4 nitrogen and oxygen atoms in total. The fourth-order valence-corrected chi connectivity index (χ4v) is 1.89. The SMILES string of the molecule is CCNC(=O)CNC(=O)c1ccc(C#Cc2ccccc2)cc1. The third-order valence-electron chi connectivity index (χ3n) is 3.06. The van der Waals surface area contributed by atoms with Crippen LogP contribution in [0.25, 0.3) is 0 Å². The van der Waals surface area contributed by atoms with Gasteiger partial charge in [0.15, 0.2) is 0 Å². The van der Waals surface area contributed by atoms with Gasteiger partial charge in [0.1, 0.15) is 0 Å². The second-order valence-electron chi connectivity index (χ2n) is 4.83. The predicted molar refractivity (Wildman–Crippen MR) is 89.9 cm³/mol. The van der Waals surface area contributed by atoms with Gasteiger partial charge in [0.2, 0.25) is 5.91 Å². The molecule has 0 heterocycles. The van der Waals surface area contributed by atoms with Gasteiger partial charge in [0.25, 0.3) is 5.91 Å². The summed E-state index contributed by atoms with van der Waals surface area (Å²) in [6.07, 6.45) is 0. The Hall–Kier alpha value is -3.06. The molecule has 2 amide bonds. The second kappa shape index (κ2) is 8.40. The van der Waals surface area contributed by atoms with Crippen LogP contribution >= 0.6 is 0 Å². The first kappa shape index (κ1) is 16.3. The zero-order chi connectivity index (χ0) is 16.5. The summed E-state index contributed by atoms with van der Waals surface area (Å²) in [4.78, 5) is 23.2. The monoisotopic (exact) mass is 306 g/mol. The Morgan fingerprint density at radius 3 is 2.09 bits per heavy atom. The van der Waals surface area contributed by atoms with E-state index in [9.17, 15) is 9.59 Å². The number of carbonyl (C=O) groups excluding carboxylic acids is 2. The smallest absolute Gasteiger partial charge is 0.251 e. The zero-order valence-corrected chi connectivity index (χ0v) is 12.9. The molecule has 0 spiro atoms. The van der Waals surface area contributed by atoms with Gasteiger partial charge >= 0.3 is 0 Å². The fourth-order valence-electron chi connectivity index (χ4n) is 1.89. The van der Waals surface area contributed by atoms with Crippen LogP contribution in [0.4, 0.5) is 0 Å². The molecule has 0 saturated heterocycles. The Morgan fingerprint density at radius 2 is 1.48 bits per heavy atom. The van der Waals surface area contributed by atoms with Crippen LogP contribution in [0.1, 0.15) is 28.4 Å². The third kappa shape index (κ3) is 5.33. The highest BCUT2D eigenvalue weighted by Gasteiger charge is 2.06. The third-order valence-corrected chi connectivity index (χ3v) is 3.06. The van der Waals surface area contributed by atoms with Gasteiger partial charge in [-0.25, -0.2) is 0 Å². The molecule has 0 unspecified atom stereocenters. The number of hydrogen-bond donors (Lipinski definition) is 2. The predicted octanol–water partition coefficient (Wildman–Crippen LogP) is 1.95. The van der Waals surface area contributed by atoms with E-state index >= 15 is 0 Å². The average molecular weight is 306 g/mol. The summed E-state index contributed by atoms with van der Waals surface area (Å²) in [5.41, 5.74) is 2.27. The lowest BCUT2D eigenvalue weighted by Gasteiger charge is -2.05. The first-order valence-electron chi connectivity index (χ1n) is 7.41. The number of carbonyl (C=O) groups is 2. The maximum atomic E-state index is 11.9. The van der Waals surface area contributed by atoms with E-state index in [2.05, 4.69) is 22.5 Å². The van der Waals surface area contributed by atoms with Gasteiger partial charge in [0.05, 0.1) is 6.54 Å². The summed E-state index contributed by atoms with van der Waals surface area (Å²) in [7, 11) is 0. The van der Waals surface area contributed by atoms with Crippen molar-refractivity contribution in [2.45, 2.75) is 6.92 Å². The number of amides is 2. The second-order valence-corrected chi connectivity index (χ2v) is 4.83. The van der Waals surface area contributed by atoms with E-state index in [1.807, 2.05) is 37.3 Å². The Kier molecular flexibility index (Phi) is 5.96. The van der Waals surface area contributed by atoms with E-state index in [1.165, 1.54) is 0 Å². The van der Waals surface area contributed by atoms with Gasteiger partial charge in [-0.05, 0) is 43.3 Å². The number of hydrogen-bond acceptors (Lipinski definition) is 2. The highest BCUT2D eigenvalue weighted by molar-refractivity contribution is 5.96. The summed E-state index contributed by atoms with van der Waals surface area (Å²) in [6, 6.07) is 16.7. The average Bonchev–Trinajstić information content (AvgIpc) is 2.59. The molecule has 2 aromatic rings. The molecule has 4 heteroatoms. The zero-order valence-electron chi connectivity index (χ0n) is 12.9. The van der Waals surface area contributed by atoms with Crippen molar-refractivity contribution in [3.05, 3.63) is 71.3 Å². The van der Waals surface area contributed by atoms with Crippen LogP contribution in [0.5, 0.6) is 0 Å². The standard InChI is InChI=1S/C19H18N2O2/c1-2-20-18(22)14-21-19(23)17-12-10-16(11-13-17)9-8-15-6-4-3-5-7-15/h3-7,10-13H,2,14H2,1H3,(H,20,22)(H,21,23). The number of likely N-dealkylation sites (N-methyl/N-ethyl adjacent to an activating group) is 1. The normalized spacial score (nSPS) is 9.43. The molecule has 0 aromatic heterocycles. The molecule has 2 N–H and O–H groups in total. The van der Waals surface area contributed by atoms with Crippen LogP contribution in [-0.2, 0) is 4.79 Å². The Labute approximate surface area is 135 Å². The van der Waals surface area contributed by atoms with Crippen LogP contribution in [-0.4, -0.2) is 24.9 Å². The lowest BCUT2D eigenvalue weighted by atomic mass is 10.1. The van der Waals surface area contributed by atoms with E-state index in [-0.39, 0.29) is 18.4 Å². The van der Waals surface area contributed by atoms with Gasteiger partial charge in [-0.3, -0.25) is 9.59 Å². The molecule has 2 rings (SSSR count). The minimum atomic E-state index is -0.279. The maximum Gasteiger partial charge on any atom is 0.251 e. The van der Waals surface area contributed by atoms with Crippen LogP contribution in [0.15, 0.2) is 54.6 Å². The van der Waals surface area contributed by atoms with Gasteiger partial charge in [-0.1, -0.05) is 30.0 Å². The van der Waals surface area contributed by atoms with Gasteiger partial charge in [0, 0.05) is 23.2 Å². The number of nitrogens with one attached hydrogen (secondary N) is 2. The van der Waals surface area contributed by atoms with Gasteiger partial charge < -0.3 is 10.6 Å². The van der Waals surface area contributed by atoms with E-state index in [4.69, 9.17) is 0 Å². The van der Waals surface area contributed by atoms with Gasteiger partial charge in [-0.2, -0.15) is 0 Å². The molecule has 2 aromatic carbocycles. The molecular formula is C19H18N2O2. The van der Waals surface area contributed by atoms with Crippen molar-refractivity contribution in [1.82, 2.24) is 10.6 Å². The molecule has 0 aliphatic carbocycles. The summed E-state index contributed by atoms with van der Waals surface area (Å²) in [5.74, 6) is 5.63. The lowest BCUT2D eigenvalue weighted by molar-refractivity contribution is -0.120. The molecular weight excluding hydrogens is 288 g/mol. The van der Waals surface area contributed by atoms with Crippen LogP contribution in [0, 0.1) is 11.8 Å². The molecule has 0 radical (unpaired) electrons. The first-order chi connectivity index (χ1) is 11.2. The van der Waals surface area contributed by atoms with Crippen molar-refractivity contribution in [2.75, 3.05) is 13.1 Å². The molecule has 0 fully saturated rings. The van der Waals surface area contributed by atoms with Crippen molar-refractivity contribution < 1.29 is 9.59 Å². The van der Waals surface area contributed by atoms with Crippen LogP contribution in [0.2, 0.25) is 0 Å². The minimum absolute atomic E-state index is 0.0256. The molecule has 116 valence electrons. The Balaban J connectivity index is 1.95. The molecule has 0 saturated carbocycles. The van der Waals surface area contributed by atoms with E-state index in [0.29, 0.717) is 12.1 Å². The summed E-state index contributed by atoms with van der Waals surface area (Å²) in [6.45, 7) is 2.35. The quantitative estimate of drug-likeness (QED) is 0.848. The fraction of sp³-hybridized carbons (Fsp3) is 0.158. The molecule has 23 heavy (non-hydrogen) atoms. The first-order valence-corrected chi connectivity index (χ1v) is 7.41. The number of benzene rings is 2. The topological polar surface area (TPSA) is 58.2 Å².